The van der Waals surface area contributed by atoms with Crippen molar-refractivity contribution in [2.45, 2.75) is 18.9 Å². The number of likely N-dealkylation sites (tertiary alicyclic amines) is 1. The number of hydrogen-bond donors (Lipinski definition) is 0. The standard InChI is InChI=1S/C19H17FN4O/c20-15-7-2-1-6-14(15)10-11-18(25)23-13-5-8-16(23)19-22-21-17-9-3-4-12-24(17)19/h1-4,6-7,9-12,16H,5,8,13H2. The first-order valence-corrected chi connectivity index (χ1v) is 8.27. The molecule has 3 heterocycles. The van der Waals surface area contributed by atoms with Crippen LogP contribution < -0.4 is 0 Å². The van der Waals surface area contributed by atoms with Crippen molar-refractivity contribution in [1.82, 2.24) is 19.5 Å². The second-order valence-corrected chi connectivity index (χ2v) is 6.03. The summed E-state index contributed by atoms with van der Waals surface area (Å²) in [5.74, 6) is 0.284. The maximum Gasteiger partial charge on any atom is 0.247 e. The first-order chi connectivity index (χ1) is 12.2. The van der Waals surface area contributed by atoms with Crippen LogP contribution in [0.5, 0.6) is 0 Å². The van der Waals surface area contributed by atoms with E-state index in [1.54, 1.807) is 23.1 Å². The summed E-state index contributed by atoms with van der Waals surface area (Å²) in [5.41, 5.74) is 1.17. The van der Waals surface area contributed by atoms with E-state index in [4.69, 9.17) is 0 Å². The van der Waals surface area contributed by atoms with E-state index in [1.165, 1.54) is 18.2 Å². The number of aromatic nitrogens is 3. The molecule has 2 aromatic heterocycles. The van der Waals surface area contributed by atoms with Gasteiger partial charge >= 0.3 is 0 Å². The van der Waals surface area contributed by atoms with Crippen molar-refractivity contribution < 1.29 is 9.18 Å². The molecule has 0 bridgehead atoms. The number of hydrogen-bond acceptors (Lipinski definition) is 3. The fourth-order valence-corrected chi connectivity index (χ4v) is 3.25. The van der Waals surface area contributed by atoms with E-state index in [-0.39, 0.29) is 17.8 Å². The molecule has 1 aromatic carbocycles. The van der Waals surface area contributed by atoms with E-state index in [9.17, 15) is 9.18 Å². The lowest BCUT2D eigenvalue weighted by atomic mass is 10.2. The van der Waals surface area contributed by atoms with Crippen molar-refractivity contribution in [2.75, 3.05) is 6.54 Å². The average Bonchev–Trinajstić information content (AvgIpc) is 3.27. The summed E-state index contributed by atoms with van der Waals surface area (Å²) < 4.78 is 15.6. The van der Waals surface area contributed by atoms with E-state index >= 15 is 0 Å². The van der Waals surface area contributed by atoms with E-state index in [1.807, 2.05) is 28.8 Å². The van der Waals surface area contributed by atoms with E-state index < -0.39 is 0 Å². The molecule has 0 N–H and O–H groups in total. The van der Waals surface area contributed by atoms with Crippen LogP contribution in [0.1, 0.15) is 30.3 Å². The number of fused-ring (bicyclic) bond motifs is 1. The largest absolute Gasteiger partial charge is 0.329 e. The molecule has 1 unspecified atom stereocenters. The van der Waals surface area contributed by atoms with Gasteiger partial charge in [0.05, 0.1) is 6.04 Å². The topological polar surface area (TPSA) is 50.5 Å². The van der Waals surface area contributed by atoms with Gasteiger partial charge in [-0.25, -0.2) is 4.39 Å². The average molecular weight is 336 g/mol. The Labute approximate surface area is 144 Å². The lowest BCUT2D eigenvalue weighted by Crippen LogP contribution is -2.30. The van der Waals surface area contributed by atoms with Crippen LogP contribution in [0.2, 0.25) is 0 Å². The lowest BCUT2D eigenvalue weighted by Gasteiger charge is -2.22. The zero-order valence-corrected chi connectivity index (χ0v) is 13.5. The lowest BCUT2D eigenvalue weighted by molar-refractivity contribution is -0.127. The molecule has 0 spiro atoms. The van der Waals surface area contributed by atoms with Crippen molar-refractivity contribution >= 4 is 17.6 Å². The third-order valence-electron chi connectivity index (χ3n) is 4.48. The number of pyridine rings is 1. The zero-order valence-electron chi connectivity index (χ0n) is 13.5. The predicted octanol–water partition coefficient (Wildman–Crippen LogP) is 3.25. The van der Waals surface area contributed by atoms with Crippen molar-refractivity contribution in [3.8, 4) is 0 Å². The van der Waals surface area contributed by atoms with Gasteiger partial charge in [0.15, 0.2) is 11.5 Å². The number of amides is 1. The minimum absolute atomic E-state index is 0.116. The second-order valence-electron chi connectivity index (χ2n) is 6.03. The summed E-state index contributed by atoms with van der Waals surface area (Å²) in [4.78, 5) is 14.4. The van der Waals surface area contributed by atoms with Crippen LogP contribution in [0.25, 0.3) is 11.7 Å². The van der Waals surface area contributed by atoms with E-state index in [0.717, 1.165) is 24.3 Å². The van der Waals surface area contributed by atoms with Gasteiger partial charge in [0, 0.05) is 24.4 Å². The summed E-state index contributed by atoms with van der Waals surface area (Å²) >= 11 is 0. The molecule has 5 nitrogen and oxygen atoms in total. The van der Waals surface area contributed by atoms with Gasteiger partial charge < -0.3 is 4.90 Å². The second kappa shape index (κ2) is 6.47. The van der Waals surface area contributed by atoms with Crippen molar-refractivity contribution in [1.29, 1.82) is 0 Å². The molecule has 0 aliphatic carbocycles. The molecule has 4 rings (SSSR count). The Morgan fingerprint density at radius 3 is 2.88 bits per heavy atom. The van der Waals surface area contributed by atoms with E-state index in [0.29, 0.717) is 12.1 Å². The van der Waals surface area contributed by atoms with Gasteiger partial charge in [-0.2, -0.15) is 0 Å². The molecular weight excluding hydrogens is 319 g/mol. The first kappa shape index (κ1) is 15.5. The van der Waals surface area contributed by atoms with E-state index in [2.05, 4.69) is 10.2 Å². The van der Waals surface area contributed by atoms with Gasteiger partial charge in [-0.15, -0.1) is 10.2 Å². The van der Waals surface area contributed by atoms with Crippen LogP contribution in [-0.2, 0) is 4.79 Å². The molecule has 25 heavy (non-hydrogen) atoms. The maximum absolute atomic E-state index is 13.7. The third kappa shape index (κ3) is 2.91. The number of nitrogens with zero attached hydrogens (tertiary/aromatic N) is 4. The van der Waals surface area contributed by atoms with Crippen LogP contribution >= 0.6 is 0 Å². The highest BCUT2D eigenvalue weighted by molar-refractivity contribution is 5.92. The molecule has 1 fully saturated rings. The highest BCUT2D eigenvalue weighted by Crippen LogP contribution is 2.31. The minimum atomic E-state index is -0.340. The SMILES string of the molecule is O=C(C=Cc1ccccc1F)N1CCCC1c1nnc2ccccn12. The van der Waals surface area contributed by atoms with Gasteiger partial charge in [-0.3, -0.25) is 9.20 Å². The van der Waals surface area contributed by atoms with Crippen LogP contribution in [0.15, 0.2) is 54.7 Å². The van der Waals surface area contributed by atoms with Crippen LogP contribution in [-0.4, -0.2) is 31.9 Å². The molecule has 1 atom stereocenters. The molecular formula is C19H17FN4O. The first-order valence-electron chi connectivity index (χ1n) is 8.27. The Kier molecular flexibility index (Phi) is 4.01. The fourth-order valence-electron chi connectivity index (χ4n) is 3.25. The maximum atomic E-state index is 13.7. The molecule has 1 aliphatic rings. The number of carbonyl (C=O) groups is 1. The molecule has 0 saturated carbocycles. The van der Waals surface area contributed by atoms with Crippen molar-refractivity contribution in [2.24, 2.45) is 0 Å². The predicted molar refractivity (Wildman–Crippen MR) is 92.1 cm³/mol. The third-order valence-corrected chi connectivity index (χ3v) is 4.48. The molecule has 1 aliphatic heterocycles. The number of carbonyl (C=O) groups excluding carboxylic acids is 1. The Bertz CT molecular complexity index is 949. The van der Waals surface area contributed by atoms with Crippen LogP contribution in [0, 0.1) is 5.82 Å². The molecule has 6 heteroatoms. The van der Waals surface area contributed by atoms with Gasteiger partial charge in [0.2, 0.25) is 5.91 Å². The van der Waals surface area contributed by atoms with Crippen molar-refractivity contribution in [3.63, 3.8) is 0 Å². The highest BCUT2D eigenvalue weighted by Gasteiger charge is 2.32. The Morgan fingerprint density at radius 2 is 2.00 bits per heavy atom. The van der Waals surface area contributed by atoms with Gasteiger partial charge in [-0.05, 0) is 37.1 Å². The molecule has 3 aromatic rings. The number of rotatable bonds is 3. The van der Waals surface area contributed by atoms with Gasteiger partial charge in [0.25, 0.3) is 0 Å². The Balaban J connectivity index is 1.59. The minimum Gasteiger partial charge on any atom is -0.329 e. The summed E-state index contributed by atoms with van der Waals surface area (Å²) in [5, 5.41) is 8.45. The summed E-state index contributed by atoms with van der Waals surface area (Å²) in [6.07, 6.45) is 6.61. The fraction of sp³-hybridized carbons (Fsp3) is 0.211. The quantitative estimate of drug-likeness (QED) is 0.690. The Morgan fingerprint density at radius 1 is 1.16 bits per heavy atom. The summed E-state index contributed by atoms with van der Waals surface area (Å²) in [6.45, 7) is 0.660. The van der Waals surface area contributed by atoms with Gasteiger partial charge in [-0.1, -0.05) is 24.3 Å². The molecule has 1 amide bonds. The van der Waals surface area contributed by atoms with Crippen LogP contribution in [0.3, 0.4) is 0 Å². The zero-order chi connectivity index (χ0) is 17.2. The highest BCUT2D eigenvalue weighted by atomic mass is 19.1. The summed E-state index contributed by atoms with van der Waals surface area (Å²) in [6, 6.07) is 12.0. The normalized spacial score (nSPS) is 17.6. The monoisotopic (exact) mass is 336 g/mol. The number of benzene rings is 1. The number of halogens is 1. The Hall–Kier alpha value is -3.02. The van der Waals surface area contributed by atoms with Gasteiger partial charge in [0.1, 0.15) is 5.82 Å². The molecule has 1 saturated heterocycles. The summed E-state index contributed by atoms with van der Waals surface area (Å²) in [7, 11) is 0. The molecule has 126 valence electrons. The van der Waals surface area contributed by atoms with Crippen LogP contribution in [0.4, 0.5) is 4.39 Å². The van der Waals surface area contributed by atoms with Crippen molar-refractivity contribution in [3.05, 3.63) is 71.9 Å². The molecule has 0 radical (unpaired) electrons. The smallest absolute Gasteiger partial charge is 0.247 e.